The van der Waals surface area contributed by atoms with Gasteiger partial charge in [0.2, 0.25) is 0 Å². The molecule has 1 aliphatic heterocycles. The number of aromatic nitrogens is 2. The summed E-state index contributed by atoms with van der Waals surface area (Å²) in [6.45, 7) is 12.2. The minimum Gasteiger partial charge on any atom is -0.353 e. The molecule has 0 atom stereocenters. The SMILES string of the molecule is C=C(C)C1=CN(C(=O)c2ccc(C)c(F)c2)CC(C)(C)c2c1[nH]c1cc(Cl)cnc21. The van der Waals surface area contributed by atoms with Crippen LogP contribution in [0.5, 0.6) is 0 Å². The average molecular weight is 424 g/mol. The summed E-state index contributed by atoms with van der Waals surface area (Å²) < 4.78 is 14.1. The zero-order valence-corrected chi connectivity index (χ0v) is 18.2. The molecule has 0 fully saturated rings. The number of amides is 1. The molecule has 2 aromatic heterocycles. The van der Waals surface area contributed by atoms with Crippen molar-refractivity contribution in [1.82, 2.24) is 14.9 Å². The Bertz CT molecular complexity index is 1240. The van der Waals surface area contributed by atoms with Gasteiger partial charge >= 0.3 is 0 Å². The van der Waals surface area contributed by atoms with Crippen LogP contribution >= 0.6 is 11.6 Å². The van der Waals surface area contributed by atoms with Crippen molar-refractivity contribution in [1.29, 1.82) is 0 Å². The molecule has 1 aliphatic rings. The van der Waals surface area contributed by atoms with Crippen LogP contribution in [0.1, 0.15) is 48.0 Å². The van der Waals surface area contributed by atoms with Gasteiger partial charge in [0, 0.05) is 41.1 Å². The molecule has 154 valence electrons. The predicted octanol–water partition coefficient (Wildman–Crippen LogP) is 6.01. The van der Waals surface area contributed by atoms with Crippen molar-refractivity contribution in [3.63, 3.8) is 0 Å². The molecule has 1 N–H and O–H groups in total. The second-order valence-electron chi connectivity index (χ2n) is 8.53. The summed E-state index contributed by atoms with van der Waals surface area (Å²) in [6, 6.07) is 6.43. The minimum absolute atomic E-state index is 0.258. The average Bonchev–Trinajstić information content (AvgIpc) is 2.99. The molecule has 0 bridgehead atoms. The van der Waals surface area contributed by atoms with Gasteiger partial charge in [-0.05, 0) is 43.2 Å². The summed E-state index contributed by atoms with van der Waals surface area (Å²) in [4.78, 5) is 22.9. The standard InChI is InChI=1S/C24H23ClFN3O/c1-13(2)17-11-29(23(30)15-7-6-14(3)18(26)8-15)12-24(4,5)20-21(17)28-19-9-16(25)10-27-22(19)20/h6-11,28H,1,12H2,2-5H3. The van der Waals surface area contributed by atoms with E-state index in [2.05, 4.69) is 30.4 Å². The number of carbonyl (C=O) groups excluding carboxylic acids is 1. The number of halogens is 2. The van der Waals surface area contributed by atoms with Gasteiger partial charge in [-0.1, -0.05) is 38.1 Å². The van der Waals surface area contributed by atoms with E-state index in [0.717, 1.165) is 33.4 Å². The molecule has 0 saturated heterocycles. The van der Waals surface area contributed by atoms with E-state index in [1.807, 2.05) is 13.0 Å². The normalized spacial score (nSPS) is 15.5. The van der Waals surface area contributed by atoms with Crippen LogP contribution in [-0.2, 0) is 5.41 Å². The molecule has 4 rings (SSSR count). The molecule has 3 aromatic rings. The van der Waals surface area contributed by atoms with E-state index in [1.54, 1.807) is 36.4 Å². The topological polar surface area (TPSA) is 49.0 Å². The van der Waals surface area contributed by atoms with Crippen molar-refractivity contribution in [2.45, 2.75) is 33.1 Å². The van der Waals surface area contributed by atoms with E-state index in [9.17, 15) is 9.18 Å². The van der Waals surface area contributed by atoms with Crippen LogP contribution in [0.25, 0.3) is 16.6 Å². The maximum atomic E-state index is 14.1. The van der Waals surface area contributed by atoms with E-state index in [1.165, 1.54) is 6.07 Å². The smallest absolute Gasteiger partial charge is 0.257 e. The van der Waals surface area contributed by atoms with E-state index in [4.69, 9.17) is 11.6 Å². The Labute approximate surface area is 180 Å². The molecule has 4 nitrogen and oxygen atoms in total. The van der Waals surface area contributed by atoms with Crippen LogP contribution in [-0.4, -0.2) is 27.3 Å². The summed E-state index contributed by atoms with van der Waals surface area (Å²) in [5.74, 6) is -0.650. The highest BCUT2D eigenvalue weighted by molar-refractivity contribution is 6.31. The van der Waals surface area contributed by atoms with Crippen molar-refractivity contribution in [2.24, 2.45) is 0 Å². The number of fused-ring (bicyclic) bond motifs is 3. The van der Waals surface area contributed by atoms with Gasteiger partial charge in [-0.15, -0.1) is 0 Å². The molecular formula is C24H23ClFN3O. The number of rotatable bonds is 2. The summed E-state index contributed by atoms with van der Waals surface area (Å²) in [6.07, 6.45) is 3.42. The number of aryl methyl sites for hydroxylation is 1. The van der Waals surface area contributed by atoms with Gasteiger partial charge in [0.15, 0.2) is 0 Å². The number of nitrogens with one attached hydrogen (secondary N) is 1. The zero-order chi connectivity index (χ0) is 21.8. The Morgan fingerprint density at radius 2 is 2.07 bits per heavy atom. The fraction of sp³-hybridized carbons (Fsp3) is 0.250. The Hall–Kier alpha value is -2.92. The quantitative estimate of drug-likeness (QED) is 0.548. The van der Waals surface area contributed by atoms with Gasteiger partial charge in [-0.2, -0.15) is 0 Å². The number of allylic oxidation sites excluding steroid dienone is 2. The monoisotopic (exact) mass is 423 g/mol. The lowest BCUT2D eigenvalue weighted by atomic mass is 9.82. The predicted molar refractivity (Wildman–Crippen MR) is 119 cm³/mol. The number of hydrogen-bond donors (Lipinski definition) is 1. The Balaban J connectivity index is 1.89. The maximum absolute atomic E-state index is 14.1. The molecule has 1 aromatic carbocycles. The van der Waals surface area contributed by atoms with Crippen LogP contribution in [0.2, 0.25) is 5.02 Å². The molecule has 30 heavy (non-hydrogen) atoms. The van der Waals surface area contributed by atoms with E-state index in [-0.39, 0.29) is 5.91 Å². The third kappa shape index (κ3) is 3.33. The lowest BCUT2D eigenvalue weighted by Crippen LogP contribution is -2.37. The maximum Gasteiger partial charge on any atom is 0.257 e. The van der Waals surface area contributed by atoms with Crippen LogP contribution in [0.3, 0.4) is 0 Å². The molecule has 6 heteroatoms. The number of nitrogens with zero attached hydrogens (tertiary/aromatic N) is 2. The number of H-pyrrole nitrogens is 1. The summed E-state index contributed by atoms with van der Waals surface area (Å²) in [7, 11) is 0. The second kappa shape index (κ2) is 7.10. The molecule has 0 spiro atoms. The minimum atomic E-state index is -0.430. The van der Waals surface area contributed by atoms with Gasteiger partial charge in [-0.3, -0.25) is 9.78 Å². The number of hydrogen-bond acceptors (Lipinski definition) is 2. The highest BCUT2D eigenvalue weighted by atomic mass is 35.5. The second-order valence-corrected chi connectivity index (χ2v) is 8.97. The van der Waals surface area contributed by atoms with Gasteiger partial charge in [-0.25, -0.2) is 4.39 Å². The Morgan fingerprint density at radius 1 is 1.33 bits per heavy atom. The summed E-state index contributed by atoms with van der Waals surface area (Å²) >= 11 is 6.14. The molecular weight excluding hydrogens is 401 g/mol. The molecule has 0 unspecified atom stereocenters. The first-order valence-electron chi connectivity index (χ1n) is 9.71. The van der Waals surface area contributed by atoms with Crippen molar-refractivity contribution >= 4 is 34.1 Å². The third-order valence-corrected chi connectivity index (χ3v) is 5.74. The van der Waals surface area contributed by atoms with E-state index < -0.39 is 11.2 Å². The molecule has 1 amide bonds. The third-order valence-electron chi connectivity index (χ3n) is 5.54. The summed E-state index contributed by atoms with van der Waals surface area (Å²) in [5, 5.41) is 0.552. The van der Waals surface area contributed by atoms with Crippen molar-refractivity contribution in [2.75, 3.05) is 6.54 Å². The highest BCUT2D eigenvalue weighted by Crippen LogP contribution is 2.41. The number of aromatic amines is 1. The number of carbonyl (C=O) groups is 1. The number of benzene rings is 1. The Morgan fingerprint density at radius 3 is 2.73 bits per heavy atom. The number of pyridine rings is 1. The summed E-state index contributed by atoms with van der Waals surface area (Å²) in [5.41, 5.74) is 5.55. The van der Waals surface area contributed by atoms with Gasteiger partial charge in [0.25, 0.3) is 5.91 Å². The highest BCUT2D eigenvalue weighted by Gasteiger charge is 2.36. The van der Waals surface area contributed by atoms with E-state index in [0.29, 0.717) is 22.7 Å². The first-order valence-corrected chi connectivity index (χ1v) is 10.1. The van der Waals surface area contributed by atoms with Gasteiger partial charge in [0.1, 0.15) is 5.82 Å². The van der Waals surface area contributed by atoms with Crippen molar-refractivity contribution in [3.05, 3.63) is 82.0 Å². The molecule has 3 heterocycles. The van der Waals surface area contributed by atoms with Crippen LogP contribution in [0, 0.1) is 12.7 Å². The van der Waals surface area contributed by atoms with Crippen LogP contribution < -0.4 is 0 Å². The fourth-order valence-electron chi connectivity index (χ4n) is 4.03. The van der Waals surface area contributed by atoms with Crippen LogP contribution in [0.4, 0.5) is 4.39 Å². The van der Waals surface area contributed by atoms with Crippen molar-refractivity contribution < 1.29 is 9.18 Å². The molecule has 0 aliphatic carbocycles. The zero-order valence-electron chi connectivity index (χ0n) is 17.4. The first kappa shape index (κ1) is 20.4. The van der Waals surface area contributed by atoms with E-state index >= 15 is 0 Å². The van der Waals surface area contributed by atoms with Gasteiger partial charge < -0.3 is 9.88 Å². The lowest BCUT2D eigenvalue weighted by molar-refractivity contribution is 0.0800. The van der Waals surface area contributed by atoms with Gasteiger partial charge in [0.05, 0.1) is 21.7 Å². The lowest BCUT2D eigenvalue weighted by Gasteiger charge is -2.29. The molecule has 0 saturated carbocycles. The molecule has 0 radical (unpaired) electrons. The van der Waals surface area contributed by atoms with Crippen molar-refractivity contribution in [3.8, 4) is 0 Å². The largest absolute Gasteiger partial charge is 0.353 e. The fourth-order valence-corrected chi connectivity index (χ4v) is 4.18. The first-order chi connectivity index (χ1) is 14.1. The van der Waals surface area contributed by atoms with Crippen LogP contribution in [0.15, 0.2) is 48.8 Å². The Kier molecular flexibility index (Phi) is 4.82.